The van der Waals surface area contributed by atoms with Crippen LogP contribution in [0.3, 0.4) is 0 Å². The Kier molecular flexibility index (Phi) is 5.65. The van der Waals surface area contributed by atoms with E-state index in [9.17, 15) is 14.4 Å². The highest BCUT2D eigenvalue weighted by Crippen LogP contribution is 2.24. The number of likely N-dealkylation sites (tertiary alicyclic amines) is 1. The summed E-state index contributed by atoms with van der Waals surface area (Å²) >= 11 is 0. The average Bonchev–Trinajstić information content (AvgIpc) is 3.26. The Hall–Kier alpha value is -4.12. The van der Waals surface area contributed by atoms with Crippen LogP contribution in [0, 0.1) is 18.3 Å². The van der Waals surface area contributed by atoms with Gasteiger partial charge in [-0.2, -0.15) is 5.26 Å². The minimum atomic E-state index is -0.683. The molecule has 1 aliphatic rings. The molecule has 1 aliphatic heterocycles. The smallest absolute Gasteiger partial charge is 0.295 e. The van der Waals surface area contributed by atoms with E-state index >= 15 is 0 Å². The second kappa shape index (κ2) is 8.55. The van der Waals surface area contributed by atoms with Crippen molar-refractivity contribution in [3.63, 3.8) is 0 Å². The summed E-state index contributed by atoms with van der Waals surface area (Å²) in [5, 5.41) is 11.9. The Bertz CT molecular complexity index is 1280. The summed E-state index contributed by atoms with van der Waals surface area (Å²) in [6.45, 7) is 2.00. The van der Waals surface area contributed by atoms with Crippen molar-refractivity contribution >= 4 is 17.5 Å². The van der Waals surface area contributed by atoms with Crippen molar-refractivity contribution < 1.29 is 9.59 Å². The van der Waals surface area contributed by atoms with Gasteiger partial charge in [0.2, 0.25) is 11.8 Å². The van der Waals surface area contributed by atoms with Crippen LogP contribution in [-0.4, -0.2) is 32.1 Å². The first-order valence-electron chi connectivity index (χ1n) is 10.3. The van der Waals surface area contributed by atoms with Gasteiger partial charge >= 0.3 is 0 Å². The third kappa shape index (κ3) is 3.81. The molecule has 2 heterocycles. The lowest BCUT2D eigenvalue weighted by atomic mass is 10.1. The maximum absolute atomic E-state index is 13.1. The molecule has 4 rings (SSSR count). The Morgan fingerprint density at radius 1 is 1.16 bits per heavy atom. The molecule has 0 radical (unpaired) electrons. The van der Waals surface area contributed by atoms with Gasteiger partial charge in [0, 0.05) is 20.0 Å². The predicted octanol–water partition coefficient (Wildman–Crippen LogP) is 2.49. The Balaban J connectivity index is 1.59. The summed E-state index contributed by atoms with van der Waals surface area (Å²) in [7, 11) is 1.76. The molecule has 1 unspecified atom stereocenters. The van der Waals surface area contributed by atoms with Gasteiger partial charge in [0.15, 0.2) is 0 Å². The number of hydrogen-bond acceptors (Lipinski definition) is 4. The van der Waals surface area contributed by atoms with Gasteiger partial charge in [-0.3, -0.25) is 19.1 Å². The zero-order valence-corrected chi connectivity index (χ0v) is 17.9. The monoisotopic (exact) mass is 429 g/mol. The van der Waals surface area contributed by atoms with Gasteiger partial charge in [0.1, 0.15) is 11.7 Å². The highest BCUT2D eigenvalue weighted by Gasteiger charge is 2.36. The van der Waals surface area contributed by atoms with Crippen molar-refractivity contribution in [1.82, 2.24) is 14.3 Å². The second-order valence-corrected chi connectivity index (χ2v) is 7.81. The number of carbonyl (C=O) groups is 2. The molecule has 32 heavy (non-hydrogen) atoms. The number of aromatic nitrogens is 2. The van der Waals surface area contributed by atoms with Crippen molar-refractivity contribution in [3.05, 3.63) is 81.8 Å². The third-order valence-electron chi connectivity index (χ3n) is 5.84. The predicted molar refractivity (Wildman–Crippen MR) is 119 cm³/mol. The lowest BCUT2D eigenvalue weighted by Gasteiger charge is -2.24. The Morgan fingerprint density at radius 2 is 1.91 bits per heavy atom. The van der Waals surface area contributed by atoms with Gasteiger partial charge < -0.3 is 10.2 Å². The van der Waals surface area contributed by atoms with Crippen LogP contribution >= 0.6 is 0 Å². The van der Waals surface area contributed by atoms with Gasteiger partial charge in [-0.15, -0.1) is 0 Å². The fourth-order valence-electron chi connectivity index (χ4n) is 4.06. The zero-order chi connectivity index (χ0) is 22.8. The molecule has 1 N–H and O–H groups in total. The molecule has 1 fully saturated rings. The van der Waals surface area contributed by atoms with Crippen LogP contribution < -0.4 is 10.9 Å². The van der Waals surface area contributed by atoms with Crippen LogP contribution in [0.1, 0.15) is 29.7 Å². The number of carbonyl (C=O) groups excluding carboxylic acids is 2. The largest absolute Gasteiger partial charge is 0.326 e. The Morgan fingerprint density at radius 3 is 2.62 bits per heavy atom. The Labute approximate surface area is 185 Å². The van der Waals surface area contributed by atoms with E-state index in [2.05, 4.69) is 11.4 Å². The molecule has 0 bridgehead atoms. The fraction of sp³-hybridized carbons (Fsp3) is 0.250. The highest BCUT2D eigenvalue weighted by atomic mass is 16.2. The number of amides is 2. The number of nitrogens with one attached hydrogen (secondary N) is 1. The number of rotatable bonds is 5. The van der Waals surface area contributed by atoms with E-state index in [-0.39, 0.29) is 30.1 Å². The molecule has 0 saturated carbocycles. The lowest BCUT2D eigenvalue weighted by molar-refractivity contribution is -0.133. The van der Waals surface area contributed by atoms with Gasteiger partial charge in [0.05, 0.1) is 23.0 Å². The van der Waals surface area contributed by atoms with E-state index in [0.29, 0.717) is 23.4 Å². The third-order valence-corrected chi connectivity index (χ3v) is 5.84. The van der Waals surface area contributed by atoms with Gasteiger partial charge in [-0.25, -0.2) is 4.68 Å². The van der Waals surface area contributed by atoms with Crippen LogP contribution in [-0.2, 0) is 23.2 Å². The van der Waals surface area contributed by atoms with E-state index < -0.39 is 11.9 Å². The summed E-state index contributed by atoms with van der Waals surface area (Å²) in [5.74, 6) is -0.516. The van der Waals surface area contributed by atoms with Crippen LogP contribution in [0.4, 0.5) is 5.69 Å². The second-order valence-electron chi connectivity index (χ2n) is 7.81. The molecule has 0 aliphatic carbocycles. The number of nitriles is 1. The van der Waals surface area contributed by atoms with Crippen molar-refractivity contribution in [2.24, 2.45) is 7.05 Å². The minimum Gasteiger partial charge on any atom is -0.326 e. The molecule has 2 amide bonds. The van der Waals surface area contributed by atoms with Crippen LogP contribution in [0.15, 0.2) is 59.4 Å². The summed E-state index contributed by atoms with van der Waals surface area (Å²) in [5.41, 5.74) is 2.45. The van der Waals surface area contributed by atoms with Gasteiger partial charge in [-0.05, 0) is 43.2 Å². The van der Waals surface area contributed by atoms with Crippen molar-refractivity contribution in [1.29, 1.82) is 5.26 Å². The van der Waals surface area contributed by atoms with Crippen molar-refractivity contribution in [2.75, 3.05) is 5.32 Å². The molecule has 1 aromatic heterocycles. The van der Waals surface area contributed by atoms with E-state index in [1.807, 2.05) is 36.4 Å². The van der Waals surface area contributed by atoms with Crippen molar-refractivity contribution in [3.8, 4) is 11.8 Å². The quantitative estimate of drug-likeness (QED) is 0.673. The standard InChI is InChI=1S/C24H23N5O3/c1-16-22(24(32)29(27(16)2)19-9-4-3-5-10-19)26-23(31)20-11-12-21(30)28(20)15-18-8-6-7-17(13-18)14-25/h3-10,13,20H,11-12,15H2,1-2H3,(H,26,31). The molecule has 0 spiro atoms. The first-order valence-corrected chi connectivity index (χ1v) is 10.3. The zero-order valence-electron chi connectivity index (χ0n) is 17.9. The molecular formula is C24H23N5O3. The van der Waals surface area contributed by atoms with Crippen molar-refractivity contribution in [2.45, 2.75) is 32.4 Å². The van der Waals surface area contributed by atoms with Crippen LogP contribution in [0.25, 0.3) is 5.69 Å². The normalized spacial score (nSPS) is 15.6. The lowest BCUT2D eigenvalue weighted by Crippen LogP contribution is -2.41. The van der Waals surface area contributed by atoms with Gasteiger partial charge in [0.25, 0.3) is 5.56 Å². The highest BCUT2D eigenvalue weighted by molar-refractivity contribution is 5.99. The van der Waals surface area contributed by atoms with Crippen LogP contribution in [0.5, 0.6) is 0 Å². The van der Waals surface area contributed by atoms with E-state index in [4.69, 9.17) is 5.26 Å². The number of hydrogen-bond donors (Lipinski definition) is 1. The average molecular weight is 429 g/mol. The minimum absolute atomic E-state index is 0.126. The summed E-state index contributed by atoms with van der Waals surface area (Å²) < 4.78 is 3.19. The number of benzene rings is 2. The summed E-state index contributed by atoms with van der Waals surface area (Å²) in [4.78, 5) is 40.2. The molecule has 162 valence electrons. The molecule has 8 heteroatoms. The maximum atomic E-state index is 13.1. The summed E-state index contributed by atoms with van der Waals surface area (Å²) in [6.07, 6.45) is 0.638. The molecule has 2 aromatic carbocycles. The van der Waals surface area contributed by atoms with Gasteiger partial charge in [-0.1, -0.05) is 30.3 Å². The molecule has 1 atom stereocenters. The molecule has 8 nitrogen and oxygen atoms in total. The maximum Gasteiger partial charge on any atom is 0.295 e. The number of nitrogens with zero attached hydrogens (tertiary/aromatic N) is 4. The summed E-state index contributed by atoms with van der Waals surface area (Å²) in [6, 6.07) is 17.6. The SMILES string of the molecule is Cc1c(NC(=O)C2CCC(=O)N2Cc2cccc(C#N)c2)c(=O)n(-c2ccccc2)n1C. The molecule has 1 saturated heterocycles. The topological polar surface area (TPSA) is 100 Å². The first-order chi connectivity index (χ1) is 15.4. The fourth-order valence-corrected chi connectivity index (χ4v) is 4.06. The first kappa shape index (κ1) is 21.1. The van der Waals surface area contributed by atoms with Crippen LogP contribution in [0.2, 0.25) is 0 Å². The van der Waals surface area contributed by atoms with E-state index in [1.165, 1.54) is 9.58 Å². The molecular weight excluding hydrogens is 406 g/mol. The number of para-hydroxylation sites is 1. The van der Waals surface area contributed by atoms with E-state index in [1.54, 1.807) is 36.9 Å². The number of anilines is 1. The molecule has 3 aromatic rings. The van der Waals surface area contributed by atoms with E-state index in [0.717, 1.165) is 5.56 Å².